The highest BCUT2D eigenvalue weighted by Gasteiger charge is 2.40. The first kappa shape index (κ1) is 28.2. The van der Waals surface area contributed by atoms with Crippen LogP contribution in [-0.4, -0.2) is 0 Å². The second-order valence-corrected chi connectivity index (χ2v) is 15.6. The van der Waals surface area contributed by atoms with Gasteiger partial charge in [-0.15, -0.1) is 0 Å². The summed E-state index contributed by atoms with van der Waals surface area (Å²) in [5.41, 5.74) is 21.7. The Labute approximate surface area is 293 Å². The zero-order valence-corrected chi connectivity index (χ0v) is 28.9. The summed E-state index contributed by atoms with van der Waals surface area (Å²) >= 11 is 0. The second-order valence-electron chi connectivity index (χ2n) is 15.6. The maximum Gasteiger partial charge on any atom is 0.0159 e. The van der Waals surface area contributed by atoms with Gasteiger partial charge in [0, 0.05) is 10.8 Å². The SMILES string of the molecule is CC1(C)c2ccccc2-c2c(-c3c4c(c(-c5cccc6c5-c5ccccc5C6(C)C)c5ccccc35)-c3cccc5cccc-4c35)cccc21. The lowest BCUT2D eigenvalue weighted by molar-refractivity contribution is 0.660. The highest BCUT2D eigenvalue weighted by molar-refractivity contribution is 6.29. The van der Waals surface area contributed by atoms with Crippen LogP contribution in [0, 0.1) is 0 Å². The van der Waals surface area contributed by atoms with Crippen molar-refractivity contribution in [3.63, 3.8) is 0 Å². The number of rotatable bonds is 2. The molecule has 0 nitrogen and oxygen atoms in total. The van der Waals surface area contributed by atoms with Gasteiger partial charge in [0.15, 0.2) is 0 Å². The van der Waals surface area contributed by atoms with E-state index in [1.807, 2.05) is 0 Å². The second kappa shape index (κ2) is 9.49. The molecule has 0 fully saturated rings. The Morgan fingerprint density at radius 3 is 1.12 bits per heavy atom. The van der Waals surface area contributed by atoms with Gasteiger partial charge in [-0.3, -0.25) is 0 Å². The fourth-order valence-electron chi connectivity index (χ4n) is 10.2. The number of hydrogen-bond acceptors (Lipinski definition) is 0. The van der Waals surface area contributed by atoms with Crippen LogP contribution in [0.4, 0.5) is 0 Å². The molecule has 0 unspecified atom stereocenters. The zero-order chi connectivity index (χ0) is 33.5. The molecule has 0 atom stereocenters. The van der Waals surface area contributed by atoms with Crippen molar-refractivity contribution in [2.75, 3.05) is 0 Å². The Balaban J connectivity index is 1.35. The third-order valence-electron chi connectivity index (χ3n) is 12.4. The van der Waals surface area contributed by atoms with Gasteiger partial charge in [-0.05, 0) is 111 Å². The van der Waals surface area contributed by atoms with Crippen LogP contribution in [0.5, 0.6) is 0 Å². The lowest BCUT2D eigenvalue weighted by Crippen LogP contribution is -2.14. The largest absolute Gasteiger partial charge is 0.0619 e. The molecule has 236 valence electrons. The van der Waals surface area contributed by atoms with Crippen molar-refractivity contribution in [1.29, 1.82) is 0 Å². The van der Waals surface area contributed by atoms with Crippen LogP contribution in [0.15, 0.2) is 146 Å². The van der Waals surface area contributed by atoms with E-state index in [0.29, 0.717) is 0 Å². The van der Waals surface area contributed by atoms with Crippen molar-refractivity contribution >= 4 is 21.5 Å². The van der Waals surface area contributed by atoms with Crippen LogP contribution in [0.1, 0.15) is 49.9 Å². The van der Waals surface area contributed by atoms with Crippen molar-refractivity contribution in [2.45, 2.75) is 38.5 Å². The van der Waals surface area contributed by atoms with E-state index in [2.05, 4.69) is 173 Å². The fourth-order valence-corrected chi connectivity index (χ4v) is 10.2. The lowest BCUT2D eigenvalue weighted by atomic mass is 9.78. The summed E-state index contributed by atoms with van der Waals surface area (Å²) in [6.07, 6.45) is 0. The van der Waals surface area contributed by atoms with E-state index in [1.165, 1.54) is 111 Å². The van der Waals surface area contributed by atoms with Gasteiger partial charge in [0.25, 0.3) is 0 Å². The molecule has 0 heteroatoms. The van der Waals surface area contributed by atoms with Gasteiger partial charge in [0.1, 0.15) is 0 Å². The highest BCUT2D eigenvalue weighted by Crippen LogP contribution is 2.62. The molecular formula is C50H36. The lowest BCUT2D eigenvalue weighted by Gasteiger charge is -2.25. The normalized spacial score (nSPS) is 15.1. The Kier molecular flexibility index (Phi) is 5.34. The molecule has 50 heavy (non-hydrogen) atoms. The van der Waals surface area contributed by atoms with Crippen LogP contribution in [0.2, 0.25) is 0 Å². The highest BCUT2D eigenvalue weighted by atomic mass is 14.4. The smallest absolute Gasteiger partial charge is 0.0159 e. The Hall–Kier alpha value is -5.72. The summed E-state index contributed by atoms with van der Waals surface area (Å²) < 4.78 is 0. The van der Waals surface area contributed by atoms with E-state index in [1.54, 1.807) is 0 Å². The predicted octanol–water partition coefficient (Wildman–Crippen LogP) is 13.6. The molecule has 0 amide bonds. The van der Waals surface area contributed by atoms with Gasteiger partial charge in [-0.25, -0.2) is 0 Å². The van der Waals surface area contributed by atoms with E-state index >= 15 is 0 Å². The summed E-state index contributed by atoms with van der Waals surface area (Å²) in [6.45, 7) is 9.55. The number of benzene rings is 8. The van der Waals surface area contributed by atoms with Gasteiger partial charge in [0.2, 0.25) is 0 Å². The van der Waals surface area contributed by atoms with E-state index in [-0.39, 0.29) is 10.8 Å². The molecule has 0 bridgehead atoms. The number of hydrogen-bond donors (Lipinski definition) is 0. The summed E-state index contributed by atoms with van der Waals surface area (Å²) in [4.78, 5) is 0. The quantitative estimate of drug-likeness (QED) is 0.177. The summed E-state index contributed by atoms with van der Waals surface area (Å²) in [5, 5.41) is 5.28. The minimum Gasteiger partial charge on any atom is -0.0619 e. The third kappa shape index (κ3) is 3.32. The first-order valence-corrected chi connectivity index (χ1v) is 18.0. The van der Waals surface area contributed by atoms with Crippen LogP contribution >= 0.6 is 0 Å². The Bertz CT molecular complexity index is 2620. The van der Waals surface area contributed by atoms with Crippen molar-refractivity contribution in [3.8, 4) is 66.8 Å². The van der Waals surface area contributed by atoms with Gasteiger partial charge in [-0.1, -0.05) is 173 Å². The minimum atomic E-state index is -0.0748. The first-order chi connectivity index (χ1) is 24.4. The van der Waals surface area contributed by atoms with Gasteiger partial charge < -0.3 is 0 Å². The number of fused-ring (bicyclic) bond motifs is 10. The molecule has 3 aliphatic carbocycles. The van der Waals surface area contributed by atoms with Gasteiger partial charge in [-0.2, -0.15) is 0 Å². The molecule has 8 aromatic rings. The molecule has 0 N–H and O–H groups in total. The maximum atomic E-state index is 2.39. The zero-order valence-electron chi connectivity index (χ0n) is 28.9. The molecule has 0 spiro atoms. The average Bonchev–Trinajstić information content (AvgIpc) is 3.69. The molecule has 8 aromatic carbocycles. The van der Waals surface area contributed by atoms with Gasteiger partial charge in [0.05, 0.1) is 0 Å². The molecule has 0 radical (unpaired) electrons. The van der Waals surface area contributed by atoms with Crippen LogP contribution in [0.3, 0.4) is 0 Å². The molecule has 11 rings (SSSR count). The first-order valence-electron chi connectivity index (χ1n) is 18.0. The van der Waals surface area contributed by atoms with Crippen LogP contribution < -0.4 is 0 Å². The van der Waals surface area contributed by atoms with Crippen molar-refractivity contribution in [1.82, 2.24) is 0 Å². The maximum absolute atomic E-state index is 2.39. The topological polar surface area (TPSA) is 0 Å². The summed E-state index contributed by atoms with van der Waals surface area (Å²) in [7, 11) is 0. The Morgan fingerprint density at radius 1 is 0.280 bits per heavy atom. The van der Waals surface area contributed by atoms with E-state index in [4.69, 9.17) is 0 Å². The molecule has 0 aromatic heterocycles. The Morgan fingerprint density at radius 2 is 0.640 bits per heavy atom. The van der Waals surface area contributed by atoms with Crippen molar-refractivity contribution in [2.24, 2.45) is 0 Å². The monoisotopic (exact) mass is 636 g/mol. The van der Waals surface area contributed by atoms with Gasteiger partial charge >= 0.3 is 0 Å². The molecule has 0 aliphatic heterocycles. The van der Waals surface area contributed by atoms with Crippen molar-refractivity contribution < 1.29 is 0 Å². The molecule has 3 aliphatic rings. The van der Waals surface area contributed by atoms with Crippen LogP contribution in [0.25, 0.3) is 88.3 Å². The fraction of sp³-hybridized carbons (Fsp3) is 0.120. The molecule has 0 saturated heterocycles. The molecule has 0 saturated carbocycles. The minimum absolute atomic E-state index is 0.0748. The molecule has 0 heterocycles. The average molecular weight is 637 g/mol. The van der Waals surface area contributed by atoms with E-state index in [9.17, 15) is 0 Å². The standard InChI is InChI=1S/C50H36/c1-49(2)38-25-9-7-19-32(38)43-36(23-13-27-40(43)49)45-30-17-5-6-18-31(30)46(48-35-22-12-16-29-15-11-21-34(42(29)35)47(45)48)37-24-14-28-41-44(37)33-20-8-10-26-39(33)50(41,3)4/h5-28H,1-4H3. The molecular weight excluding hydrogens is 601 g/mol. The third-order valence-corrected chi connectivity index (χ3v) is 12.4. The summed E-state index contributed by atoms with van der Waals surface area (Å²) in [6, 6.07) is 55.3. The van der Waals surface area contributed by atoms with E-state index in [0.717, 1.165) is 0 Å². The van der Waals surface area contributed by atoms with Crippen molar-refractivity contribution in [3.05, 3.63) is 168 Å². The van der Waals surface area contributed by atoms with Crippen LogP contribution in [-0.2, 0) is 10.8 Å². The predicted molar refractivity (Wildman–Crippen MR) is 212 cm³/mol. The van der Waals surface area contributed by atoms with E-state index < -0.39 is 0 Å². The summed E-state index contributed by atoms with van der Waals surface area (Å²) in [5.74, 6) is 0.